The number of nitrogens with two attached hydrogens (primary N) is 2. The van der Waals surface area contributed by atoms with Crippen molar-refractivity contribution in [2.45, 2.75) is 31.7 Å². The summed E-state index contributed by atoms with van der Waals surface area (Å²) in [6.45, 7) is 1.02. The first-order valence-corrected chi connectivity index (χ1v) is 6.75. The molecule has 4 N–H and O–H groups in total. The molecule has 0 unspecified atom stereocenters. The molecule has 3 rings (SSSR count). The SMILES string of the molecule is NC(=O)c1c(N)nsc1N(CC1CC1)C1CC1. The van der Waals surface area contributed by atoms with E-state index in [4.69, 9.17) is 11.5 Å². The van der Waals surface area contributed by atoms with Gasteiger partial charge in [-0.05, 0) is 43.1 Å². The van der Waals surface area contributed by atoms with Gasteiger partial charge in [0.1, 0.15) is 10.6 Å². The molecule has 0 aliphatic heterocycles. The Kier molecular flexibility index (Phi) is 2.47. The minimum Gasteiger partial charge on any atom is -0.382 e. The maximum absolute atomic E-state index is 11.4. The zero-order valence-corrected chi connectivity index (χ0v) is 10.4. The van der Waals surface area contributed by atoms with Crippen molar-refractivity contribution in [1.82, 2.24) is 4.37 Å². The second-order valence-electron chi connectivity index (χ2n) is 4.94. The average molecular weight is 252 g/mol. The van der Waals surface area contributed by atoms with E-state index in [2.05, 4.69) is 9.27 Å². The molecule has 2 aliphatic carbocycles. The Balaban J connectivity index is 1.90. The van der Waals surface area contributed by atoms with Gasteiger partial charge in [0.25, 0.3) is 5.91 Å². The van der Waals surface area contributed by atoms with Crippen LogP contribution in [0.1, 0.15) is 36.0 Å². The summed E-state index contributed by atoms with van der Waals surface area (Å²) in [5, 5.41) is 0.879. The summed E-state index contributed by atoms with van der Waals surface area (Å²) in [6.07, 6.45) is 4.98. The standard InChI is InChI=1S/C11H16N4OS/c12-9-8(10(13)16)11(17-14-9)15(7-3-4-7)5-6-1-2-6/h6-7H,1-5H2,(H2,12,14)(H2,13,16). The van der Waals surface area contributed by atoms with Crippen LogP contribution in [0.3, 0.4) is 0 Å². The summed E-state index contributed by atoms with van der Waals surface area (Å²) in [5.74, 6) is 0.589. The number of aromatic nitrogens is 1. The van der Waals surface area contributed by atoms with E-state index in [1.807, 2.05) is 0 Å². The maximum atomic E-state index is 11.4. The van der Waals surface area contributed by atoms with E-state index in [0.717, 1.165) is 17.5 Å². The van der Waals surface area contributed by atoms with E-state index in [0.29, 0.717) is 11.6 Å². The van der Waals surface area contributed by atoms with Gasteiger partial charge in [-0.15, -0.1) is 0 Å². The zero-order valence-electron chi connectivity index (χ0n) is 9.56. The topological polar surface area (TPSA) is 85.2 Å². The van der Waals surface area contributed by atoms with Crippen molar-refractivity contribution in [2.75, 3.05) is 17.2 Å². The summed E-state index contributed by atoms with van der Waals surface area (Å²) in [7, 11) is 0. The molecule has 92 valence electrons. The third kappa shape index (κ3) is 2.09. The highest BCUT2D eigenvalue weighted by atomic mass is 32.1. The van der Waals surface area contributed by atoms with Crippen molar-refractivity contribution in [2.24, 2.45) is 11.7 Å². The minimum absolute atomic E-state index is 0.277. The second kappa shape index (κ2) is 3.87. The highest BCUT2D eigenvalue weighted by Crippen LogP contribution is 2.41. The smallest absolute Gasteiger partial charge is 0.255 e. The average Bonchev–Trinajstić information content (AvgIpc) is 3.14. The molecule has 2 saturated carbocycles. The van der Waals surface area contributed by atoms with E-state index >= 15 is 0 Å². The van der Waals surface area contributed by atoms with Crippen LogP contribution in [0.4, 0.5) is 10.8 Å². The lowest BCUT2D eigenvalue weighted by molar-refractivity contribution is 0.100. The van der Waals surface area contributed by atoms with Crippen molar-refractivity contribution in [3.8, 4) is 0 Å². The first-order valence-electron chi connectivity index (χ1n) is 5.98. The molecule has 2 fully saturated rings. The Morgan fingerprint density at radius 3 is 2.65 bits per heavy atom. The van der Waals surface area contributed by atoms with Gasteiger partial charge in [0.05, 0.1) is 0 Å². The number of carbonyl (C=O) groups is 1. The molecule has 5 nitrogen and oxygen atoms in total. The molecule has 0 aromatic carbocycles. The predicted octanol–water partition coefficient (Wildman–Crippen LogP) is 1.20. The van der Waals surface area contributed by atoms with Crippen LogP contribution in [0.2, 0.25) is 0 Å². The fraction of sp³-hybridized carbons (Fsp3) is 0.636. The highest BCUT2D eigenvalue weighted by molar-refractivity contribution is 7.11. The molecule has 0 bridgehead atoms. The van der Waals surface area contributed by atoms with Crippen LogP contribution >= 0.6 is 11.5 Å². The normalized spacial score (nSPS) is 19.3. The Morgan fingerprint density at radius 2 is 2.12 bits per heavy atom. The summed E-state index contributed by atoms with van der Waals surface area (Å²) in [6, 6.07) is 0.563. The van der Waals surface area contributed by atoms with Crippen LogP contribution in [-0.4, -0.2) is 22.9 Å². The quantitative estimate of drug-likeness (QED) is 0.824. The van der Waals surface area contributed by atoms with Crippen molar-refractivity contribution in [3.05, 3.63) is 5.56 Å². The summed E-state index contributed by atoms with van der Waals surface area (Å²) >= 11 is 1.30. The molecule has 1 aromatic heterocycles. The van der Waals surface area contributed by atoms with Gasteiger partial charge in [-0.2, -0.15) is 4.37 Å². The summed E-state index contributed by atoms with van der Waals surface area (Å²) in [5.41, 5.74) is 11.5. The van der Waals surface area contributed by atoms with Crippen molar-refractivity contribution in [3.63, 3.8) is 0 Å². The summed E-state index contributed by atoms with van der Waals surface area (Å²) < 4.78 is 4.07. The molecule has 6 heteroatoms. The molecule has 0 saturated heterocycles. The monoisotopic (exact) mass is 252 g/mol. The number of hydrogen-bond acceptors (Lipinski definition) is 5. The third-order valence-corrected chi connectivity index (χ3v) is 4.25. The van der Waals surface area contributed by atoms with Gasteiger partial charge in [0.2, 0.25) is 0 Å². The molecule has 2 aliphatic rings. The third-order valence-electron chi connectivity index (χ3n) is 3.35. The number of anilines is 2. The number of nitrogens with zero attached hydrogens (tertiary/aromatic N) is 2. The van der Waals surface area contributed by atoms with Crippen LogP contribution in [0, 0.1) is 5.92 Å². The highest BCUT2D eigenvalue weighted by Gasteiger charge is 2.36. The minimum atomic E-state index is -0.465. The van der Waals surface area contributed by atoms with E-state index in [1.165, 1.54) is 37.2 Å². The van der Waals surface area contributed by atoms with Crippen molar-refractivity contribution < 1.29 is 4.79 Å². The van der Waals surface area contributed by atoms with E-state index in [-0.39, 0.29) is 5.82 Å². The van der Waals surface area contributed by atoms with Crippen LogP contribution < -0.4 is 16.4 Å². The first-order chi connectivity index (χ1) is 8.16. The molecule has 0 atom stereocenters. The van der Waals surface area contributed by atoms with Crippen LogP contribution in [-0.2, 0) is 0 Å². The number of carbonyl (C=O) groups excluding carboxylic acids is 1. The van der Waals surface area contributed by atoms with Crippen LogP contribution in [0.25, 0.3) is 0 Å². The largest absolute Gasteiger partial charge is 0.382 e. The lowest BCUT2D eigenvalue weighted by Crippen LogP contribution is -2.29. The van der Waals surface area contributed by atoms with E-state index in [9.17, 15) is 4.79 Å². The second-order valence-corrected chi connectivity index (χ2v) is 5.69. The number of primary amides is 1. The maximum Gasteiger partial charge on any atom is 0.255 e. The summed E-state index contributed by atoms with van der Waals surface area (Å²) in [4.78, 5) is 13.7. The Bertz CT molecular complexity index is 450. The number of amides is 1. The molecular weight excluding hydrogens is 236 g/mol. The van der Waals surface area contributed by atoms with Gasteiger partial charge in [0.15, 0.2) is 5.82 Å². The zero-order chi connectivity index (χ0) is 12.0. The van der Waals surface area contributed by atoms with E-state index in [1.54, 1.807) is 0 Å². The van der Waals surface area contributed by atoms with Gasteiger partial charge < -0.3 is 16.4 Å². The molecule has 0 radical (unpaired) electrons. The fourth-order valence-corrected chi connectivity index (χ4v) is 2.98. The molecule has 1 amide bonds. The Hall–Kier alpha value is -1.30. The number of rotatable bonds is 5. The molecule has 17 heavy (non-hydrogen) atoms. The van der Waals surface area contributed by atoms with Crippen LogP contribution in [0.15, 0.2) is 0 Å². The molecule has 0 spiro atoms. The first kappa shape index (κ1) is 10.8. The van der Waals surface area contributed by atoms with Crippen LogP contribution in [0.5, 0.6) is 0 Å². The van der Waals surface area contributed by atoms with Gasteiger partial charge in [-0.1, -0.05) is 0 Å². The van der Waals surface area contributed by atoms with Gasteiger partial charge in [-0.3, -0.25) is 4.79 Å². The van der Waals surface area contributed by atoms with Gasteiger partial charge in [-0.25, -0.2) is 0 Å². The number of nitrogen functional groups attached to an aromatic ring is 1. The van der Waals surface area contributed by atoms with E-state index < -0.39 is 5.91 Å². The van der Waals surface area contributed by atoms with Crippen molar-refractivity contribution in [1.29, 1.82) is 0 Å². The number of hydrogen-bond donors (Lipinski definition) is 2. The van der Waals surface area contributed by atoms with Crippen molar-refractivity contribution >= 4 is 28.3 Å². The predicted molar refractivity (Wildman–Crippen MR) is 68.1 cm³/mol. The molecule has 1 aromatic rings. The fourth-order valence-electron chi connectivity index (χ4n) is 2.08. The molecule has 1 heterocycles. The lowest BCUT2D eigenvalue weighted by atomic mass is 10.2. The lowest BCUT2D eigenvalue weighted by Gasteiger charge is -2.23. The van der Waals surface area contributed by atoms with Gasteiger partial charge in [0, 0.05) is 12.6 Å². The molecular formula is C11H16N4OS. The Morgan fingerprint density at radius 1 is 1.41 bits per heavy atom. The Labute approximate surface area is 104 Å². The van der Waals surface area contributed by atoms with Gasteiger partial charge >= 0.3 is 0 Å².